The lowest BCUT2D eigenvalue weighted by atomic mass is 9.98. The van der Waals surface area contributed by atoms with Gasteiger partial charge in [-0.2, -0.15) is 0 Å². The maximum absolute atomic E-state index is 11.4. The third-order valence-electron chi connectivity index (χ3n) is 3.40. The molecule has 3 rings (SSSR count). The summed E-state index contributed by atoms with van der Waals surface area (Å²) in [6.45, 7) is 0. The molecule has 0 unspecified atom stereocenters. The van der Waals surface area contributed by atoms with Crippen LogP contribution in [0.1, 0.15) is 17.0 Å². The van der Waals surface area contributed by atoms with Gasteiger partial charge in [0.2, 0.25) is 0 Å². The monoisotopic (exact) mass is 309 g/mol. The number of thiazole rings is 1. The van der Waals surface area contributed by atoms with Crippen LogP contribution in [0.5, 0.6) is 0 Å². The molecule has 1 N–H and O–H groups in total. The van der Waals surface area contributed by atoms with E-state index in [1.165, 1.54) is 23.0 Å². The van der Waals surface area contributed by atoms with Gasteiger partial charge in [-0.3, -0.25) is 0 Å². The molecule has 1 aliphatic carbocycles. The smallest absolute Gasteiger partial charge is 0.177 e. The van der Waals surface area contributed by atoms with E-state index in [1.54, 1.807) is 23.5 Å². The fourth-order valence-corrected chi connectivity index (χ4v) is 3.77. The molecule has 2 heterocycles. The van der Waals surface area contributed by atoms with Gasteiger partial charge < -0.3 is 5.32 Å². The summed E-state index contributed by atoms with van der Waals surface area (Å²) in [5.74, 6) is 0.718. The fraction of sp³-hybridized carbons (Fsp3) is 0.385. The Balaban J connectivity index is 1.70. The van der Waals surface area contributed by atoms with Crippen LogP contribution in [0.25, 0.3) is 0 Å². The molecule has 0 saturated heterocycles. The third kappa shape index (κ3) is 2.83. The van der Waals surface area contributed by atoms with Crippen LogP contribution in [0.2, 0.25) is 0 Å². The largest absolute Gasteiger partial charge is 0.367 e. The predicted octanol–water partition coefficient (Wildman–Crippen LogP) is 1.91. The standard InChI is InChI=1S/C13H15N3O2S2/c1-20(17,18)10-3-5-13(14-7-10)16-9-2-4-11-12(6-9)19-8-15-11/h3,5,7-9H,2,4,6H2,1H3,(H,14,16)/t9-/m0/s1. The number of nitrogens with zero attached hydrogens (tertiary/aromatic N) is 2. The van der Waals surface area contributed by atoms with Crippen molar-refractivity contribution in [1.82, 2.24) is 9.97 Å². The van der Waals surface area contributed by atoms with Crippen LogP contribution >= 0.6 is 11.3 Å². The first-order chi connectivity index (χ1) is 9.52. The number of rotatable bonds is 3. The Kier molecular flexibility index (Phi) is 3.47. The van der Waals surface area contributed by atoms with E-state index in [2.05, 4.69) is 15.3 Å². The lowest BCUT2D eigenvalue weighted by Gasteiger charge is -2.22. The lowest BCUT2D eigenvalue weighted by molar-refractivity contribution is 0.601. The molecule has 7 heteroatoms. The van der Waals surface area contributed by atoms with Crippen molar-refractivity contribution in [2.45, 2.75) is 30.2 Å². The van der Waals surface area contributed by atoms with Crippen molar-refractivity contribution < 1.29 is 8.42 Å². The minimum atomic E-state index is -3.18. The van der Waals surface area contributed by atoms with E-state index < -0.39 is 9.84 Å². The van der Waals surface area contributed by atoms with Gasteiger partial charge in [0.15, 0.2) is 9.84 Å². The molecule has 0 radical (unpaired) electrons. The van der Waals surface area contributed by atoms with Crippen molar-refractivity contribution >= 4 is 27.0 Å². The summed E-state index contributed by atoms with van der Waals surface area (Å²) in [6.07, 6.45) is 5.54. The molecule has 106 valence electrons. The van der Waals surface area contributed by atoms with Crippen LogP contribution in [0.4, 0.5) is 5.82 Å². The van der Waals surface area contributed by atoms with Crippen LogP contribution < -0.4 is 5.32 Å². The predicted molar refractivity (Wildman–Crippen MR) is 78.9 cm³/mol. The molecule has 0 saturated carbocycles. The van der Waals surface area contributed by atoms with Crippen molar-refractivity contribution in [2.75, 3.05) is 11.6 Å². The summed E-state index contributed by atoms with van der Waals surface area (Å²) >= 11 is 1.69. The normalized spacial score (nSPS) is 18.6. The number of pyridine rings is 1. The number of aryl methyl sites for hydroxylation is 1. The summed E-state index contributed by atoms with van der Waals surface area (Å²) in [6, 6.07) is 3.64. The summed E-state index contributed by atoms with van der Waals surface area (Å²) in [5.41, 5.74) is 3.11. The minimum Gasteiger partial charge on any atom is -0.367 e. The zero-order valence-electron chi connectivity index (χ0n) is 11.0. The van der Waals surface area contributed by atoms with E-state index >= 15 is 0 Å². The number of aromatic nitrogens is 2. The number of nitrogens with one attached hydrogen (secondary N) is 1. The van der Waals surface area contributed by atoms with E-state index in [9.17, 15) is 8.42 Å². The lowest BCUT2D eigenvalue weighted by Crippen LogP contribution is -2.27. The molecule has 20 heavy (non-hydrogen) atoms. The maximum atomic E-state index is 11.4. The summed E-state index contributed by atoms with van der Waals surface area (Å²) in [4.78, 5) is 10.1. The van der Waals surface area contributed by atoms with Crippen molar-refractivity contribution in [3.8, 4) is 0 Å². The molecule has 1 aliphatic rings. The second kappa shape index (κ2) is 5.14. The molecule has 5 nitrogen and oxygen atoms in total. The van der Waals surface area contributed by atoms with Gasteiger partial charge in [-0.1, -0.05) is 0 Å². The first-order valence-electron chi connectivity index (χ1n) is 6.36. The molecule has 1 atom stereocenters. The van der Waals surface area contributed by atoms with Crippen LogP contribution in [-0.4, -0.2) is 30.7 Å². The molecule has 0 aliphatic heterocycles. The second-order valence-corrected chi connectivity index (χ2v) is 7.91. The Labute approximate surface area is 122 Å². The van der Waals surface area contributed by atoms with Gasteiger partial charge in [0, 0.05) is 29.8 Å². The average Bonchev–Trinajstić information content (AvgIpc) is 2.86. The van der Waals surface area contributed by atoms with Crippen LogP contribution in [0.15, 0.2) is 28.7 Å². The molecule has 2 aromatic rings. The number of sulfone groups is 1. The molecule has 0 bridgehead atoms. The Morgan fingerprint density at radius 2 is 2.20 bits per heavy atom. The van der Waals surface area contributed by atoms with E-state index in [1.807, 2.05) is 5.51 Å². The topological polar surface area (TPSA) is 72.0 Å². The van der Waals surface area contributed by atoms with Gasteiger partial charge in [0.25, 0.3) is 0 Å². The highest BCUT2D eigenvalue weighted by molar-refractivity contribution is 7.90. The van der Waals surface area contributed by atoms with Crippen LogP contribution in [0, 0.1) is 0 Å². The molecule has 0 amide bonds. The van der Waals surface area contributed by atoms with E-state index in [4.69, 9.17) is 0 Å². The van der Waals surface area contributed by atoms with Crippen LogP contribution in [-0.2, 0) is 22.7 Å². The van der Waals surface area contributed by atoms with Crippen molar-refractivity contribution in [1.29, 1.82) is 0 Å². The van der Waals surface area contributed by atoms with Gasteiger partial charge in [0.05, 0.1) is 16.1 Å². The summed E-state index contributed by atoms with van der Waals surface area (Å²) in [7, 11) is -3.18. The molecular formula is C13H15N3O2S2. The third-order valence-corrected chi connectivity index (χ3v) is 5.40. The SMILES string of the molecule is CS(=O)(=O)c1ccc(N[C@H]2CCc3ncsc3C2)nc1. The van der Waals surface area contributed by atoms with Gasteiger partial charge in [0.1, 0.15) is 5.82 Å². The Morgan fingerprint density at radius 1 is 1.35 bits per heavy atom. The molecule has 0 aromatic carbocycles. The first kappa shape index (κ1) is 13.5. The van der Waals surface area contributed by atoms with Crippen molar-refractivity contribution in [3.63, 3.8) is 0 Å². The maximum Gasteiger partial charge on any atom is 0.177 e. The zero-order chi connectivity index (χ0) is 14.2. The van der Waals surface area contributed by atoms with E-state index in [0.29, 0.717) is 6.04 Å². The van der Waals surface area contributed by atoms with Crippen LogP contribution in [0.3, 0.4) is 0 Å². The number of fused-ring (bicyclic) bond motifs is 1. The van der Waals surface area contributed by atoms with Gasteiger partial charge in [-0.25, -0.2) is 18.4 Å². The number of anilines is 1. The molecule has 0 fully saturated rings. The van der Waals surface area contributed by atoms with E-state index in [-0.39, 0.29) is 4.90 Å². The highest BCUT2D eigenvalue weighted by Gasteiger charge is 2.20. The molecular weight excluding hydrogens is 294 g/mol. The Morgan fingerprint density at radius 3 is 2.90 bits per heavy atom. The fourth-order valence-electron chi connectivity index (χ4n) is 2.32. The van der Waals surface area contributed by atoms with Gasteiger partial charge in [-0.05, 0) is 25.0 Å². The van der Waals surface area contributed by atoms with Crippen molar-refractivity contribution in [2.24, 2.45) is 0 Å². The number of hydrogen-bond donors (Lipinski definition) is 1. The van der Waals surface area contributed by atoms with Gasteiger partial charge >= 0.3 is 0 Å². The number of hydrogen-bond acceptors (Lipinski definition) is 6. The summed E-state index contributed by atoms with van der Waals surface area (Å²) in [5, 5.41) is 3.36. The second-order valence-electron chi connectivity index (χ2n) is 4.96. The molecule has 2 aromatic heterocycles. The Hall–Kier alpha value is -1.47. The highest BCUT2D eigenvalue weighted by atomic mass is 32.2. The summed E-state index contributed by atoms with van der Waals surface area (Å²) < 4.78 is 22.8. The zero-order valence-corrected chi connectivity index (χ0v) is 12.7. The quantitative estimate of drug-likeness (QED) is 0.937. The Bertz CT molecular complexity index is 707. The van der Waals surface area contributed by atoms with E-state index in [0.717, 1.165) is 25.1 Å². The average molecular weight is 309 g/mol. The molecule has 0 spiro atoms. The highest BCUT2D eigenvalue weighted by Crippen LogP contribution is 2.25. The first-order valence-corrected chi connectivity index (χ1v) is 9.13. The minimum absolute atomic E-state index is 0.247. The van der Waals surface area contributed by atoms with Crippen molar-refractivity contribution in [3.05, 3.63) is 34.4 Å². The van der Waals surface area contributed by atoms with Gasteiger partial charge in [-0.15, -0.1) is 11.3 Å².